The number of phenolic OH excluding ortho intramolecular Hbond substituents is 1. The summed E-state index contributed by atoms with van der Waals surface area (Å²) in [5.41, 5.74) is 10.3. The average Bonchev–Trinajstić information content (AvgIpc) is 2.59. The molecule has 134 valence electrons. The van der Waals surface area contributed by atoms with Crippen LogP contribution in [0.2, 0.25) is 0 Å². The molecule has 1 aliphatic carbocycles. The van der Waals surface area contributed by atoms with Gasteiger partial charge in [-0.2, -0.15) is 0 Å². The minimum absolute atomic E-state index is 0.143. The molecule has 0 fully saturated rings. The van der Waals surface area contributed by atoms with Crippen LogP contribution in [-0.4, -0.2) is 35.0 Å². The van der Waals surface area contributed by atoms with Crippen LogP contribution in [-0.2, 0) is 0 Å². The van der Waals surface area contributed by atoms with Crippen LogP contribution in [0.3, 0.4) is 0 Å². The third kappa shape index (κ3) is 4.53. The fraction of sp³-hybridized carbons (Fsp3) is 0.381. The summed E-state index contributed by atoms with van der Waals surface area (Å²) in [4.78, 5) is 7.09. The van der Waals surface area contributed by atoms with E-state index >= 15 is 0 Å². The van der Waals surface area contributed by atoms with E-state index in [-0.39, 0.29) is 11.8 Å². The Hall–Kier alpha value is -2.49. The topological polar surface area (TPSA) is 61.8 Å². The van der Waals surface area contributed by atoms with Gasteiger partial charge in [-0.15, -0.1) is 0 Å². The zero-order valence-electron chi connectivity index (χ0n) is 15.7. The molecule has 1 aromatic carbocycles. The predicted octanol–water partition coefficient (Wildman–Crippen LogP) is 3.99. The highest BCUT2D eigenvalue weighted by Crippen LogP contribution is 2.25. The van der Waals surface area contributed by atoms with Crippen LogP contribution in [0.5, 0.6) is 5.75 Å². The molecule has 0 aliphatic heterocycles. The van der Waals surface area contributed by atoms with Gasteiger partial charge in [0.25, 0.3) is 0 Å². The zero-order valence-corrected chi connectivity index (χ0v) is 15.7. The van der Waals surface area contributed by atoms with E-state index in [2.05, 4.69) is 50.8 Å². The molecule has 0 heterocycles. The van der Waals surface area contributed by atoms with Crippen LogP contribution >= 0.6 is 0 Å². The Morgan fingerprint density at radius 2 is 1.96 bits per heavy atom. The van der Waals surface area contributed by atoms with Gasteiger partial charge in [0.2, 0.25) is 0 Å². The summed E-state index contributed by atoms with van der Waals surface area (Å²) in [7, 11) is 0. The van der Waals surface area contributed by atoms with E-state index in [0.29, 0.717) is 11.4 Å². The molecule has 1 atom stereocenters. The fourth-order valence-electron chi connectivity index (χ4n) is 3.08. The Labute approximate surface area is 151 Å². The van der Waals surface area contributed by atoms with Crippen LogP contribution in [0.15, 0.2) is 64.3 Å². The van der Waals surface area contributed by atoms with Crippen molar-refractivity contribution in [2.24, 2.45) is 10.7 Å². The molecule has 0 aromatic heterocycles. The molecule has 0 bridgehead atoms. The summed E-state index contributed by atoms with van der Waals surface area (Å²) in [6, 6.07) is 6.90. The van der Waals surface area contributed by atoms with Crippen LogP contribution in [0, 0.1) is 0 Å². The number of benzene rings is 1. The lowest BCUT2D eigenvalue weighted by atomic mass is 9.96. The predicted molar refractivity (Wildman–Crippen MR) is 106 cm³/mol. The van der Waals surface area contributed by atoms with E-state index in [0.717, 1.165) is 30.7 Å². The number of aliphatic imine (C=N–C) groups is 1. The Balaban J connectivity index is 2.43. The Kier molecular flexibility index (Phi) is 6.45. The summed E-state index contributed by atoms with van der Waals surface area (Å²) in [6.07, 6.45) is 7.46. The molecule has 0 saturated carbocycles. The summed E-state index contributed by atoms with van der Waals surface area (Å²) in [6.45, 7) is 10.5. The van der Waals surface area contributed by atoms with Gasteiger partial charge in [0.1, 0.15) is 11.6 Å². The number of rotatable bonds is 6. The van der Waals surface area contributed by atoms with Gasteiger partial charge < -0.3 is 15.7 Å². The van der Waals surface area contributed by atoms with Crippen molar-refractivity contribution in [3.8, 4) is 5.75 Å². The van der Waals surface area contributed by atoms with E-state index < -0.39 is 0 Å². The number of para-hydroxylation sites is 1. The van der Waals surface area contributed by atoms with Crippen LogP contribution in [0.25, 0.3) is 0 Å². The van der Waals surface area contributed by atoms with Crippen molar-refractivity contribution < 1.29 is 5.11 Å². The first-order valence-electron chi connectivity index (χ1n) is 8.91. The summed E-state index contributed by atoms with van der Waals surface area (Å²) < 4.78 is 0. The Bertz CT molecular complexity index is 728. The van der Waals surface area contributed by atoms with Crippen molar-refractivity contribution in [3.05, 3.63) is 64.9 Å². The number of hydrogen-bond donors (Lipinski definition) is 2. The maximum atomic E-state index is 10.0. The molecular formula is C21H29N3O. The summed E-state index contributed by atoms with van der Waals surface area (Å²) in [5, 5.41) is 10.0. The van der Waals surface area contributed by atoms with Gasteiger partial charge >= 0.3 is 0 Å². The lowest BCUT2D eigenvalue weighted by Crippen LogP contribution is -2.26. The number of allylic oxidation sites excluding steroid dienone is 3. The second-order valence-corrected chi connectivity index (χ2v) is 6.34. The Morgan fingerprint density at radius 3 is 2.60 bits per heavy atom. The van der Waals surface area contributed by atoms with Gasteiger partial charge in [0.05, 0.1) is 11.6 Å². The quantitative estimate of drug-likeness (QED) is 0.608. The molecule has 1 unspecified atom stereocenters. The standard InChI is InChI=1S/C21H29N3O/c1-5-13-24(6-2)16(4)17-12-11-15(3)14-19(17)23-21(22)18-9-7-8-10-20(18)25/h7-12,14,19,25H,5-6,13H2,1-4H3,(H2,22,23)/b17-16+. The van der Waals surface area contributed by atoms with Crippen molar-refractivity contribution >= 4 is 5.84 Å². The SMILES string of the molecule is CCCN(CC)/C(C)=C1\C=CC(C)=CC1N=C(N)c1ccccc1O. The summed E-state index contributed by atoms with van der Waals surface area (Å²) >= 11 is 0. The first-order chi connectivity index (χ1) is 12.0. The van der Waals surface area contributed by atoms with Gasteiger partial charge in [-0.05, 0) is 44.9 Å². The molecule has 4 nitrogen and oxygen atoms in total. The lowest BCUT2D eigenvalue weighted by Gasteiger charge is -2.28. The van der Waals surface area contributed by atoms with Gasteiger partial charge in [0.15, 0.2) is 0 Å². The third-order valence-corrected chi connectivity index (χ3v) is 4.49. The molecule has 1 aliphatic rings. The van der Waals surface area contributed by atoms with Crippen molar-refractivity contribution in [2.45, 2.75) is 40.2 Å². The zero-order chi connectivity index (χ0) is 18.4. The fourth-order valence-corrected chi connectivity index (χ4v) is 3.08. The molecule has 4 heteroatoms. The highest BCUT2D eigenvalue weighted by Gasteiger charge is 2.19. The third-order valence-electron chi connectivity index (χ3n) is 4.49. The molecule has 0 amide bonds. The van der Waals surface area contributed by atoms with Crippen LogP contribution in [0.4, 0.5) is 0 Å². The van der Waals surface area contributed by atoms with Gasteiger partial charge in [-0.25, -0.2) is 0 Å². The number of amidine groups is 1. The van der Waals surface area contributed by atoms with Crippen LogP contribution in [0.1, 0.15) is 39.7 Å². The second kappa shape index (κ2) is 8.56. The van der Waals surface area contributed by atoms with Crippen molar-refractivity contribution in [3.63, 3.8) is 0 Å². The molecule has 0 radical (unpaired) electrons. The molecule has 3 N–H and O–H groups in total. The van der Waals surface area contributed by atoms with Crippen LogP contribution < -0.4 is 5.73 Å². The van der Waals surface area contributed by atoms with Gasteiger partial charge in [-0.1, -0.05) is 42.9 Å². The Morgan fingerprint density at radius 1 is 1.24 bits per heavy atom. The molecule has 0 spiro atoms. The minimum atomic E-state index is -0.143. The van der Waals surface area contributed by atoms with E-state index in [1.165, 1.54) is 5.70 Å². The number of phenols is 1. The normalized spacial score (nSPS) is 19.6. The molecule has 2 rings (SSSR count). The van der Waals surface area contributed by atoms with E-state index in [4.69, 9.17) is 10.7 Å². The van der Waals surface area contributed by atoms with Crippen molar-refractivity contribution in [1.82, 2.24) is 4.90 Å². The monoisotopic (exact) mass is 339 g/mol. The number of nitrogens with two attached hydrogens (primary N) is 1. The molecule has 1 aromatic rings. The second-order valence-electron chi connectivity index (χ2n) is 6.34. The van der Waals surface area contributed by atoms with E-state index in [1.54, 1.807) is 18.2 Å². The maximum absolute atomic E-state index is 10.0. The average molecular weight is 339 g/mol. The minimum Gasteiger partial charge on any atom is -0.507 e. The number of hydrogen-bond acceptors (Lipinski definition) is 3. The van der Waals surface area contributed by atoms with E-state index in [1.807, 2.05) is 6.07 Å². The highest BCUT2D eigenvalue weighted by atomic mass is 16.3. The summed E-state index contributed by atoms with van der Waals surface area (Å²) in [5.74, 6) is 0.505. The number of aromatic hydroxyl groups is 1. The lowest BCUT2D eigenvalue weighted by molar-refractivity contribution is 0.359. The number of nitrogens with zero attached hydrogens (tertiary/aromatic N) is 2. The smallest absolute Gasteiger partial charge is 0.130 e. The molecule has 25 heavy (non-hydrogen) atoms. The highest BCUT2D eigenvalue weighted by molar-refractivity contribution is 6.00. The first-order valence-corrected chi connectivity index (χ1v) is 8.91. The molecule has 0 saturated heterocycles. The van der Waals surface area contributed by atoms with Gasteiger partial charge in [-0.3, -0.25) is 4.99 Å². The van der Waals surface area contributed by atoms with Crippen molar-refractivity contribution in [1.29, 1.82) is 0 Å². The van der Waals surface area contributed by atoms with Crippen molar-refractivity contribution in [2.75, 3.05) is 13.1 Å². The van der Waals surface area contributed by atoms with Gasteiger partial charge in [0, 0.05) is 18.8 Å². The van der Waals surface area contributed by atoms with E-state index in [9.17, 15) is 5.11 Å². The maximum Gasteiger partial charge on any atom is 0.130 e. The largest absolute Gasteiger partial charge is 0.507 e. The molecular weight excluding hydrogens is 310 g/mol. The first kappa shape index (κ1) is 18.8.